The molecular formula is C37H57N3O4. The van der Waals surface area contributed by atoms with E-state index in [1.807, 2.05) is 44.3 Å². The average Bonchev–Trinajstić information content (AvgIpc) is 3.03. The lowest BCUT2D eigenvalue weighted by Gasteiger charge is -2.36. The van der Waals surface area contributed by atoms with Crippen LogP contribution in [0, 0.1) is 0 Å². The van der Waals surface area contributed by atoms with Crippen LogP contribution >= 0.6 is 0 Å². The number of hydrogen-bond acceptors (Lipinski definition) is 7. The van der Waals surface area contributed by atoms with Crippen LogP contribution in [0.4, 0.5) is 5.69 Å². The zero-order valence-electron chi connectivity index (χ0n) is 28.4. The van der Waals surface area contributed by atoms with Crippen molar-refractivity contribution in [2.45, 2.75) is 105 Å². The minimum absolute atomic E-state index is 0.0353. The van der Waals surface area contributed by atoms with Crippen molar-refractivity contribution in [3.63, 3.8) is 0 Å². The van der Waals surface area contributed by atoms with Gasteiger partial charge < -0.3 is 29.9 Å². The molecule has 0 bridgehead atoms. The van der Waals surface area contributed by atoms with Crippen molar-refractivity contribution in [1.29, 1.82) is 0 Å². The molecular weight excluding hydrogens is 550 g/mol. The molecule has 0 aliphatic carbocycles. The summed E-state index contributed by atoms with van der Waals surface area (Å²) < 4.78 is 10.9. The van der Waals surface area contributed by atoms with Crippen molar-refractivity contribution < 1.29 is 19.7 Å². The Labute approximate surface area is 266 Å². The summed E-state index contributed by atoms with van der Waals surface area (Å²) in [5.74, 6) is 0.715. The molecule has 0 amide bonds. The molecule has 1 aliphatic heterocycles. The van der Waals surface area contributed by atoms with Gasteiger partial charge in [0.15, 0.2) is 11.5 Å². The number of unbranched alkanes of at least 4 members (excludes halogenated alkanes) is 1. The summed E-state index contributed by atoms with van der Waals surface area (Å²) in [5, 5.41) is 23.9. The Bertz CT molecular complexity index is 1240. The number of hydrogen-bond donors (Lipinski definition) is 3. The minimum Gasteiger partial charge on any atom is -0.504 e. The minimum atomic E-state index is -0.101. The lowest BCUT2D eigenvalue weighted by atomic mass is 10.0. The van der Waals surface area contributed by atoms with Gasteiger partial charge in [0.1, 0.15) is 5.75 Å². The number of benzene rings is 2. The number of aromatic nitrogens is 1. The van der Waals surface area contributed by atoms with Crippen LogP contribution in [-0.4, -0.2) is 53.6 Å². The standard InChI is InChI=1S/C27H33N3O3.C8H18O.C2H6/c1-3-5-20-15-21(16-26(31)27(20)32)25-14-19(8-13-29-25)18-30(22-9-11-28-12-10-22)23-6-4-7-24(17-23)33-2;1-5-6-7-9-8(2,3)4;1-2/h4,6-8,13-17,22,28,31-32H,3,5,9-12,18H2,1-2H3;5-7H2,1-4H3;1-2H3. The van der Waals surface area contributed by atoms with Gasteiger partial charge in [-0.2, -0.15) is 0 Å². The van der Waals surface area contributed by atoms with Crippen molar-refractivity contribution in [3.8, 4) is 28.5 Å². The second kappa shape index (κ2) is 19.2. The summed E-state index contributed by atoms with van der Waals surface area (Å²) in [6.07, 6.45) is 7.97. The van der Waals surface area contributed by atoms with E-state index in [9.17, 15) is 10.2 Å². The fraction of sp³-hybridized carbons (Fsp3) is 0.541. The zero-order valence-corrected chi connectivity index (χ0v) is 28.4. The Hall–Kier alpha value is -3.29. The number of methoxy groups -OCH3 is 1. The van der Waals surface area contributed by atoms with Gasteiger partial charge >= 0.3 is 0 Å². The molecule has 4 rings (SSSR count). The van der Waals surface area contributed by atoms with Gasteiger partial charge in [0, 0.05) is 42.7 Å². The number of pyridine rings is 1. The first-order valence-corrected chi connectivity index (χ1v) is 16.4. The van der Waals surface area contributed by atoms with Gasteiger partial charge in [-0.1, -0.05) is 46.6 Å². The SMILES string of the molecule is CC.CCCCOC(C)(C)C.CCCc1cc(-c2cc(CN(c3cccc(OC)c3)C3CCNCC3)ccn2)cc(O)c1O. The Kier molecular flexibility index (Phi) is 16.1. The Balaban J connectivity index is 0.000000529. The van der Waals surface area contributed by atoms with Gasteiger partial charge in [0.2, 0.25) is 0 Å². The molecule has 3 N–H and O–H groups in total. The van der Waals surface area contributed by atoms with Gasteiger partial charge in [-0.15, -0.1) is 0 Å². The molecule has 3 aromatic rings. The number of phenols is 2. The number of anilines is 1. The summed E-state index contributed by atoms with van der Waals surface area (Å²) in [6, 6.07) is 16.3. The van der Waals surface area contributed by atoms with Crippen LogP contribution in [0.1, 0.15) is 91.7 Å². The fourth-order valence-electron chi connectivity index (χ4n) is 5.07. The lowest BCUT2D eigenvalue weighted by Crippen LogP contribution is -2.43. The van der Waals surface area contributed by atoms with E-state index in [1.54, 1.807) is 13.2 Å². The third-order valence-corrected chi connectivity index (χ3v) is 7.33. The van der Waals surface area contributed by atoms with Gasteiger partial charge in [-0.05, 0) is 107 Å². The number of nitrogens with one attached hydrogen (secondary N) is 1. The van der Waals surface area contributed by atoms with Crippen molar-refractivity contribution >= 4 is 5.69 Å². The van der Waals surface area contributed by atoms with Crippen molar-refractivity contribution in [2.75, 3.05) is 31.7 Å². The molecule has 1 fully saturated rings. The lowest BCUT2D eigenvalue weighted by molar-refractivity contribution is -0.00415. The predicted molar refractivity (Wildman–Crippen MR) is 184 cm³/mol. The van der Waals surface area contributed by atoms with Gasteiger partial charge in [0.05, 0.1) is 18.4 Å². The van der Waals surface area contributed by atoms with Crippen molar-refractivity contribution in [1.82, 2.24) is 10.3 Å². The molecule has 44 heavy (non-hydrogen) atoms. The molecule has 0 radical (unpaired) electrons. The van der Waals surface area contributed by atoms with Crippen LogP contribution in [0.3, 0.4) is 0 Å². The highest BCUT2D eigenvalue weighted by Gasteiger charge is 2.22. The largest absolute Gasteiger partial charge is 0.504 e. The van der Waals surface area contributed by atoms with Gasteiger partial charge in [-0.3, -0.25) is 4.98 Å². The molecule has 2 aromatic carbocycles. The zero-order chi connectivity index (χ0) is 32.5. The van der Waals surface area contributed by atoms with E-state index in [2.05, 4.69) is 68.0 Å². The summed E-state index contributed by atoms with van der Waals surface area (Å²) >= 11 is 0. The topological polar surface area (TPSA) is 87.1 Å². The van der Waals surface area contributed by atoms with E-state index in [1.165, 1.54) is 12.8 Å². The second-order valence-corrected chi connectivity index (χ2v) is 11.9. The Morgan fingerprint density at radius 1 is 0.977 bits per heavy atom. The molecule has 1 aromatic heterocycles. The summed E-state index contributed by atoms with van der Waals surface area (Å²) in [6.45, 7) is 18.2. The van der Waals surface area contributed by atoms with Crippen molar-refractivity contribution in [3.05, 3.63) is 65.9 Å². The summed E-state index contributed by atoms with van der Waals surface area (Å²) in [4.78, 5) is 7.02. The first-order chi connectivity index (χ1) is 21.1. The molecule has 1 saturated heterocycles. The average molecular weight is 608 g/mol. The highest BCUT2D eigenvalue weighted by Crippen LogP contribution is 2.35. The molecule has 0 spiro atoms. The highest BCUT2D eigenvalue weighted by atomic mass is 16.5. The van der Waals surface area contributed by atoms with Crippen LogP contribution in [0.15, 0.2) is 54.7 Å². The predicted octanol–water partition coefficient (Wildman–Crippen LogP) is 8.51. The number of aromatic hydroxyl groups is 2. The van der Waals surface area contributed by atoms with E-state index < -0.39 is 0 Å². The van der Waals surface area contributed by atoms with E-state index in [0.717, 1.165) is 79.3 Å². The number of rotatable bonds is 11. The molecule has 7 nitrogen and oxygen atoms in total. The van der Waals surface area contributed by atoms with E-state index in [4.69, 9.17) is 9.47 Å². The van der Waals surface area contributed by atoms with Crippen LogP contribution in [0.5, 0.6) is 17.2 Å². The number of phenolic OH excluding ortho intramolecular Hbond substituents is 2. The maximum Gasteiger partial charge on any atom is 0.160 e. The van der Waals surface area contributed by atoms with Gasteiger partial charge in [0.25, 0.3) is 0 Å². The normalized spacial score (nSPS) is 13.3. The molecule has 1 aliphatic rings. The van der Waals surface area contributed by atoms with E-state index >= 15 is 0 Å². The van der Waals surface area contributed by atoms with Crippen LogP contribution in [0.2, 0.25) is 0 Å². The molecule has 244 valence electrons. The third kappa shape index (κ3) is 12.0. The Morgan fingerprint density at radius 2 is 1.70 bits per heavy atom. The van der Waals surface area contributed by atoms with Crippen LogP contribution in [-0.2, 0) is 17.7 Å². The summed E-state index contributed by atoms with van der Waals surface area (Å²) in [5.41, 5.74) is 4.68. The Morgan fingerprint density at radius 3 is 2.34 bits per heavy atom. The molecule has 0 atom stereocenters. The van der Waals surface area contributed by atoms with Gasteiger partial charge in [-0.25, -0.2) is 0 Å². The quantitative estimate of drug-likeness (QED) is 0.149. The molecule has 0 saturated carbocycles. The van der Waals surface area contributed by atoms with E-state index in [-0.39, 0.29) is 17.1 Å². The maximum atomic E-state index is 10.2. The molecule has 0 unspecified atom stereocenters. The van der Waals surface area contributed by atoms with Crippen LogP contribution < -0.4 is 15.0 Å². The fourth-order valence-corrected chi connectivity index (χ4v) is 5.07. The summed E-state index contributed by atoms with van der Waals surface area (Å²) in [7, 11) is 1.70. The number of piperidine rings is 1. The van der Waals surface area contributed by atoms with E-state index in [0.29, 0.717) is 12.5 Å². The number of ether oxygens (including phenoxy) is 2. The number of nitrogens with zero attached hydrogens (tertiary/aromatic N) is 2. The monoisotopic (exact) mass is 607 g/mol. The molecule has 2 heterocycles. The third-order valence-electron chi connectivity index (χ3n) is 7.33. The first-order valence-electron chi connectivity index (χ1n) is 16.4. The molecule has 7 heteroatoms. The van der Waals surface area contributed by atoms with Crippen molar-refractivity contribution in [2.24, 2.45) is 0 Å². The first kappa shape index (κ1) is 36.9. The maximum absolute atomic E-state index is 10.2. The second-order valence-electron chi connectivity index (χ2n) is 11.9. The highest BCUT2D eigenvalue weighted by molar-refractivity contribution is 5.66. The number of aryl methyl sites for hydroxylation is 1. The van der Waals surface area contributed by atoms with Crippen LogP contribution in [0.25, 0.3) is 11.3 Å². The smallest absolute Gasteiger partial charge is 0.160 e.